The van der Waals surface area contributed by atoms with Gasteiger partial charge in [-0.15, -0.1) is 0 Å². The summed E-state index contributed by atoms with van der Waals surface area (Å²) in [5.41, 5.74) is 2.42. The van der Waals surface area contributed by atoms with Crippen molar-refractivity contribution in [2.45, 2.75) is 19.5 Å². The van der Waals surface area contributed by atoms with Gasteiger partial charge in [0.05, 0.1) is 11.8 Å². The van der Waals surface area contributed by atoms with Gasteiger partial charge >= 0.3 is 0 Å². The number of anilines is 1. The van der Waals surface area contributed by atoms with Crippen LogP contribution < -0.4 is 10.2 Å². The van der Waals surface area contributed by atoms with Gasteiger partial charge in [0, 0.05) is 24.8 Å². The molecular formula is C15H15ClN2O2. The lowest BCUT2D eigenvalue weighted by Crippen LogP contribution is -2.39. The predicted octanol–water partition coefficient (Wildman–Crippen LogP) is 3.07. The molecule has 0 aliphatic carbocycles. The minimum Gasteiger partial charge on any atom is -0.452 e. The number of nitrogens with one attached hydrogen (secondary N) is 1. The Labute approximate surface area is 122 Å². The number of hydrogen-bond donors (Lipinski definition) is 1. The van der Waals surface area contributed by atoms with Crippen LogP contribution in [0, 0.1) is 0 Å². The first-order valence-corrected chi connectivity index (χ1v) is 6.91. The van der Waals surface area contributed by atoms with E-state index in [0.29, 0.717) is 12.1 Å². The molecule has 1 aliphatic heterocycles. The number of hydrogen-bond acceptors (Lipinski definition) is 3. The minimum atomic E-state index is -0.133. The molecule has 1 aliphatic rings. The third-order valence-corrected chi connectivity index (χ3v) is 3.77. The molecule has 0 spiro atoms. The highest BCUT2D eigenvalue weighted by atomic mass is 35.5. The summed E-state index contributed by atoms with van der Waals surface area (Å²) in [4.78, 5) is 14.5. The van der Waals surface area contributed by atoms with Crippen LogP contribution in [-0.4, -0.2) is 18.5 Å². The van der Waals surface area contributed by atoms with Crippen LogP contribution in [0.1, 0.15) is 22.8 Å². The predicted molar refractivity (Wildman–Crippen MR) is 78.1 cm³/mol. The largest absolute Gasteiger partial charge is 0.452 e. The fraction of sp³-hybridized carbons (Fsp3) is 0.267. The summed E-state index contributed by atoms with van der Waals surface area (Å²) in [6.45, 7) is 3.40. The fourth-order valence-corrected chi connectivity index (χ4v) is 2.62. The number of benzene rings is 1. The molecule has 104 valence electrons. The molecule has 5 heteroatoms. The lowest BCUT2D eigenvalue weighted by Gasteiger charge is -2.24. The second-order valence-electron chi connectivity index (χ2n) is 4.93. The van der Waals surface area contributed by atoms with E-state index in [1.165, 1.54) is 6.26 Å². The third-order valence-electron chi connectivity index (χ3n) is 3.47. The second kappa shape index (κ2) is 5.31. The molecule has 2 heterocycles. The highest BCUT2D eigenvalue weighted by molar-refractivity contribution is 6.32. The number of halogens is 1. The number of para-hydroxylation sites is 1. The normalized spacial score (nSPS) is 18.5. The average molecular weight is 291 g/mol. The topological polar surface area (TPSA) is 45.5 Å². The average Bonchev–Trinajstić information content (AvgIpc) is 2.80. The first-order valence-electron chi connectivity index (χ1n) is 6.53. The molecule has 1 amide bonds. The van der Waals surface area contributed by atoms with Crippen molar-refractivity contribution in [3.63, 3.8) is 0 Å². The van der Waals surface area contributed by atoms with Gasteiger partial charge in [0.2, 0.25) is 5.22 Å². The van der Waals surface area contributed by atoms with Gasteiger partial charge in [-0.1, -0.05) is 18.2 Å². The Morgan fingerprint density at radius 1 is 1.40 bits per heavy atom. The maximum Gasteiger partial charge on any atom is 0.263 e. The maximum atomic E-state index is 12.7. The molecule has 1 aromatic carbocycles. The Morgan fingerprint density at radius 2 is 2.20 bits per heavy atom. The van der Waals surface area contributed by atoms with Crippen molar-refractivity contribution >= 4 is 23.2 Å². The smallest absolute Gasteiger partial charge is 0.263 e. The van der Waals surface area contributed by atoms with Crippen LogP contribution in [0.3, 0.4) is 0 Å². The molecule has 0 bridgehead atoms. The van der Waals surface area contributed by atoms with Gasteiger partial charge in [-0.05, 0) is 36.2 Å². The highest BCUT2D eigenvalue weighted by Gasteiger charge is 2.27. The molecule has 1 aromatic heterocycles. The second-order valence-corrected chi connectivity index (χ2v) is 5.28. The van der Waals surface area contributed by atoms with Crippen molar-refractivity contribution in [2.75, 3.05) is 11.4 Å². The Hall–Kier alpha value is -1.78. The van der Waals surface area contributed by atoms with Gasteiger partial charge in [0.15, 0.2) is 0 Å². The summed E-state index contributed by atoms with van der Waals surface area (Å²) in [6.07, 6.45) is 1.43. The van der Waals surface area contributed by atoms with Crippen molar-refractivity contribution in [1.29, 1.82) is 0 Å². The van der Waals surface area contributed by atoms with E-state index in [4.69, 9.17) is 16.0 Å². The zero-order chi connectivity index (χ0) is 14.1. The van der Waals surface area contributed by atoms with E-state index in [1.807, 2.05) is 24.3 Å². The minimum absolute atomic E-state index is 0.133. The van der Waals surface area contributed by atoms with Gasteiger partial charge in [-0.2, -0.15) is 0 Å². The lowest BCUT2D eigenvalue weighted by molar-refractivity contribution is 0.0985. The van der Waals surface area contributed by atoms with E-state index < -0.39 is 0 Å². The van der Waals surface area contributed by atoms with E-state index in [2.05, 4.69) is 12.2 Å². The van der Waals surface area contributed by atoms with Crippen LogP contribution in [0.5, 0.6) is 0 Å². The van der Waals surface area contributed by atoms with Crippen LogP contribution >= 0.6 is 11.6 Å². The summed E-state index contributed by atoms with van der Waals surface area (Å²) in [6, 6.07) is 9.71. The van der Waals surface area contributed by atoms with Crippen molar-refractivity contribution in [3.8, 4) is 0 Å². The molecule has 1 atom stereocenters. The monoisotopic (exact) mass is 290 g/mol. The number of carbonyl (C=O) groups is 1. The summed E-state index contributed by atoms with van der Waals surface area (Å²) < 4.78 is 5.02. The van der Waals surface area contributed by atoms with Gasteiger partial charge in [-0.3, -0.25) is 4.79 Å². The Morgan fingerprint density at radius 3 is 2.95 bits per heavy atom. The molecular weight excluding hydrogens is 276 g/mol. The Bertz CT molecular complexity index is 638. The molecule has 0 saturated carbocycles. The van der Waals surface area contributed by atoms with Crippen LogP contribution in [-0.2, 0) is 6.54 Å². The van der Waals surface area contributed by atoms with Gasteiger partial charge in [0.25, 0.3) is 5.91 Å². The van der Waals surface area contributed by atoms with Crippen molar-refractivity contribution in [2.24, 2.45) is 0 Å². The van der Waals surface area contributed by atoms with E-state index >= 15 is 0 Å². The molecule has 1 unspecified atom stereocenters. The van der Waals surface area contributed by atoms with Gasteiger partial charge in [0.1, 0.15) is 0 Å². The standard InChI is InChI=1S/C15H15ClN2O2/c1-10-9-18(15(19)12-6-7-20-14(12)16)13-5-3-2-4-11(13)8-17-10/h2-7,10,17H,8-9H2,1H3. The van der Waals surface area contributed by atoms with Crippen molar-refractivity contribution in [1.82, 2.24) is 5.32 Å². The summed E-state index contributed by atoms with van der Waals surface area (Å²) >= 11 is 5.93. The highest BCUT2D eigenvalue weighted by Crippen LogP contribution is 2.27. The number of nitrogens with zero attached hydrogens (tertiary/aromatic N) is 1. The van der Waals surface area contributed by atoms with Gasteiger partial charge in [-0.25, -0.2) is 0 Å². The number of furan rings is 1. The van der Waals surface area contributed by atoms with Crippen LogP contribution in [0.25, 0.3) is 0 Å². The number of carbonyl (C=O) groups excluding carboxylic acids is 1. The Kier molecular flexibility index (Phi) is 3.51. The molecule has 0 fully saturated rings. The summed E-state index contributed by atoms with van der Waals surface area (Å²) in [5.74, 6) is -0.133. The molecule has 0 saturated heterocycles. The molecule has 1 N–H and O–H groups in total. The van der Waals surface area contributed by atoms with Crippen LogP contribution in [0.4, 0.5) is 5.69 Å². The van der Waals surface area contributed by atoms with E-state index in [1.54, 1.807) is 11.0 Å². The zero-order valence-corrected chi connectivity index (χ0v) is 11.9. The number of rotatable bonds is 1. The third kappa shape index (κ3) is 2.32. The number of amides is 1. The van der Waals surface area contributed by atoms with Crippen molar-refractivity contribution < 1.29 is 9.21 Å². The molecule has 2 aromatic rings. The van der Waals surface area contributed by atoms with Gasteiger partial charge < -0.3 is 14.6 Å². The SMILES string of the molecule is CC1CN(C(=O)c2ccoc2Cl)c2ccccc2CN1. The summed E-state index contributed by atoms with van der Waals surface area (Å²) in [5, 5.41) is 3.53. The van der Waals surface area contributed by atoms with Crippen molar-refractivity contribution in [3.05, 3.63) is 52.9 Å². The first-order chi connectivity index (χ1) is 9.66. The molecule has 3 rings (SSSR count). The maximum absolute atomic E-state index is 12.7. The van der Waals surface area contributed by atoms with E-state index in [9.17, 15) is 4.79 Å². The fourth-order valence-electron chi connectivity index (χ4n) is 2.43. The molecule has 0 radical (unpaired) electrons. The zero-order valence-electron chi connectivity index (χ0n) is 11.1. The number of fused-ring (bicyclic) bond motifs is 1. The van der Waals surface area contributed by atoms with E-state index in [0.717, 1.165) is 17.8 Å². The summed E-state index contributed by atoms with van der Waals surface area (Å²) in [7, 11) is 0. The molecule has 4 nitrogen and oxygen atoms in total. The lowest BCUT2D eigenvalue weighted by atomic mass is 10.1. The molecule has 20 heavy (non-hydrogen) atoms. The van der Waals surface area contributed by atoms with E-state index in [-0.39, 0.29) is 17.2 Å². The first kappa shape index (κ1) is 13.2. The Balaban J connectivity index is 2.03. The van der Waals surface area contributed by atoms with Crippen LogP contribution in [0.15, 0.2) is 41.0 Å². The quantitative estimate of drug-likeness (QED) is 0.878. The van der Waals surface area contributed by atoms with Crippen LogP contribution in [0.2, 0.25) is 5.22 Å².